The van der Waals surface area contributed by atoms with Gasteiger partial charge < -0.3 is 16.0 Å². The number of hydrogen-bond acceptors (Lipinski definition) is 8. The maximum absolute atomic E-state index is 5.90. The van der Waals surface area contributed by atoms with E-state index in [2.05, 4.69) is 35.7 Å². The summed E-state index contributed by atoms with van der Waals surface area (Å²) in [6.07, 6.45) is 1.71. The summed E-state index contributed by atoms with van der Waals surface area (Å²) in [5.41, 5.74) is 9.36. The molecule has 1 aromatic carbocycles. The van der Waals surface area contributed by atoms with E-state index in [-0.39, 0.29) is 5.95 Å². The van der Waals surface area contributed by atoms with E-state index in [4.69, 9.17) is 5.73 Å². The zero-order valence-corrected chi connectivity index (χ0v) is 15.0. The molecule has 0 saturated heterocycles. The van der Waals surface area contributed by atoms with E-state index in [9.17, 15) is 0 Å². The molecule has 0 spiro atoms. The lowest BCUT2D eigenvalue weighted by atomic mass is 10.1. The van der Waals surface area contributed by atoms with Gasteiger partial charge in [-0.25, -0.2) is 4.98 Å². The van der Waals surface area contributed by atoms with Crippen molar-refractivity contribution >= 4 is 28.5 Å². The monoisotopic (exact) mass is 361 g/mol. The molecule has 0 aliphatic rings. The number of nitrogens with one attached hydrogen (secondary N) is 2. The number of rotatable bonds is 5. The predicted molar refractivity (Wildman–Crippen MR) is 105 cm³/mol. The average molecular weight is 361 g/mol. The summed E-state index contributed by atoms with van der Waals surface area (Å²) in [6.45, 7) is 0.481. The van der Waals surface area contributed by atoms with Gasteiger partial charge in [0.25, 0.3) is 0 Å². The van der Waals surface area contributed by atoms with Gasteiger partial charge in [0.05, 0.1) is 23.4 Å². The molecule has 0 atom stereocenters. The third-order valence-corrected chi connectivity index (χ3v) is 4.13. The fourth-order valence-electron chi connectivity index (χ4n) is 2.73. The van der Waals surface area contributed by atoms with E-state index in [0.717, 1.165) is 33.7 Å². The van der Waals surface area contributed by atoms with Gasteiger partial charge >= 0.3 is 0 Å². The van der Waals surface area contributed by atoms with Crippen molar-refractivity contribution in [1.29, 1.82) is 0 Å². The number of benzene rings is 1. The van der Waals surface area contributed by atoms with Gasteiger partial charge in [-0.3, -0.25) is 5.10 Å². The number of anilines is 3. The minimum atomic E-state index is 0.209. The number of hydrogen-bond donors (Lipinski definition) is 3. The first kappa shape index (κ1) is 16.7. The zero-order valence-electron chi connectivity index (χ0n) is 15.0. The molecule has 4 rings (SSSR count). The first-order valence-electron chi connectivity index (χ1n) is 8.41. The van der Waals surface area contributed by atoms with E-state index in [1.807, 2.05) is 55.4 Å². The minimum Gasteiger partial charge on any atom is -0.368 e. The molecule has 9 heteroatoms. The summed E-state index contributed by atoms with van der Waals surface area (Å²) in [6, 6.07) is 11.7. The molecule has 0 fully saturated rings. The Balaban J connectivity index is 1.61. The molecule has 0 aliphatic carbocycles. The molecule has 9 nitrogen and oxygen atoms in total. The summed E-state index contributed by atoms with van der Waals surface area (Å²) >= 11 is 0. The predicted octanol–water partition coefficient (Wildman–Crippen LogP) is 2.07. The number of H-pyrrole nitrogens is 1. The molecule has 4 aromatic rings. The van der Waals surface area contributed by atoms with Crippen LogP contribution in [0.3, 0.4) is 0 Å². The Morgan fingerprint density at radius 1 is 1.07 bits per heavy atom. The van der Waals surface area contributed by atoms with Crippen molar-refractivity contribution in [3.05, 3.63) is 48.3 Å². The van der Waals surface area contributed by atoms with Crippen LogP contribution in [0.1, 0.15) is 5.69 Å². The van der Waals surface area contributed by atoms with Gasteiger partial charge in [0.15, 0.2) is 5.82 Å². The third-order valence-electron chi connectivity index (χ3n) is 4.13. The topological polar surface area (TPSA) is 122 Å². The van der Waals surface area contributed by atoms with Crippen LogP contribution in [0, 0.1) is 0 Å². The Morgan fingerprint density at radius 3 is 2.67 bits per heavy atom. The molecule has 0 bridgehead atoms. The van der Waals surface area contributed by atoms with Crippen LogP contribution in [0.25, 0.3) is 22.2 Å². The number of aromatic nitrogens is 6. The zero-order chi connectivity index (χ0) is 18.8. The molecule has 136 valence electrons. The van der Waals surface area contributed by atoms with Crippen LogP contribution < -0.4 is 16.0 Å². The van der Waals surface area contributed by atoms with Crippen molar-refractivity contribution in [2.45, 2.75) is 6.54 Å². The minimum absolute atomic E-state index is 0.209. The van der Waals surface area contributed by atoms with Crippen LogP contribution in [0.2, 0.25) is 0 Å². The van der Waals surface area contributed by atoms with Gasteiger partial charge in [0.2, 0.25) is 5.95 Å². The fraction of sp³-hybridized carbons (Fsp3) is 0.167. The summed E-state index contributed by atoms with van der Waals surface area (Å²) in [5, 5.41) is 19.5. The second kappa shape index (κ2) is 6.87. The third kappa shape index (κ3) is 3.47. The largest absolute Gasteiger partial charge is 0.368 e. The Hall–Kier alpha value is -3.75. The molecule has 3 heterocycles. The summed E-state index contributed by atoms with van der Waals surface area (Å²) in [5.74, 6) is 1.68. The highest BCUT2D eigenvalue weighted by atomic mass is 15.2. The van der Waals surface area contributed by atoms with Gasteiger partial charge in [-0.05, 0) is 30.3 Å². The summed E-state index contributed by atoms with van der Waals surface area (Å²) < 4.78 is 0. The molecule has 0 amide bonds. The SMILES string of the molecule is CN(C)c1ccc(CNc2nc(N)nc3cc(-c4ccn[nH]4)ccc23)nn1. The normalized spacial score (nSPS) is 10.9. The lowest BCUT2D eigenvalue weighted by Gasteiger charge is -2.12. The van der Waals surface area contributed by atoms with Crippen LogP contribution in [0.4, 0.5) is 17.6 Å². The van der Waals surface area contributed by atoms with Crippen LogP contribution in [-0.2, 0) is 6.54 Å². The van der Waals surface area contributed by atoms with Gasteiger partial charge in [-0.2, -0.15) is 15.2 Å². The number of fused-ring (bicyclic) bond motifs is 1. The average Bonchev–Trinajstić information content (AvgIpc) is 3.20. The second-order valence-electron chi connectivity index (χ2n) is 6.26. The van der Waals surface area contributed by atoms with Crippen molar-refractivity contribution in [1.82, 2.24) is 30.4 Å². The van der Waals surface area contributed by atoms with Crippen molar-refractivity contribution in [2.24, 2.45) is 0 Å². The molecule has 4 N–H and O–H groups in total. The number of nitrogens with zero attached hydrogens (tertiary/aromatic N) is 6. The van der Waals surface area contributed by atoms with Crippen LogP contribution in [-0.4, -0.2) is 44.5 Å². The maximum atomic E-state index is 5.90. The Kier molecular flexibility index (Phi) is 4.25. The van der Waals surface area contributed by atoms with E-state index in [0.29, 0.717) is 12.4 Å². The quantitative estimate of drug-likeness (QED) is 0.494. The Bertz CT molecular complexity index is 1060. The lowest BCUT2D eigenvalue weighted by molar-refractivity contribution is 0.896. The Labute approximate surface area is 155 Å². The highest BCUT2D eigenvalue weighted by molar-refractivity contribution is 5.92. The maximum Gasteiger partial charge on any atom is 0.222 e. The molecule has 0 aliphatic heterocycles. The fourth-order valence-corrected chi connectivity index (χ4v) is 2.73. The molecular weight excluding hydrogens is 342 g/mol. The smallest absolute Gasteiger partial charge is 0.222 e. The van der Waals surface area contributed by atoms with Gasteiger partial charge in [-0.15, -0.1) is 5.10 Å². The Morgan fingerprint density at radius 2 is 1.96 bits per heavy atom. The van der Waals surface area contributed by atoms with Gasteiger partial charge in [0.1, 0.15) is 5.82 Å². The van der Waals surface area contributed by atoms with Crippen molar-refractivity contribution < 1.29 is 0 Å². The molecule has 0 radical (unpaired) electrons. The van der Waals surface area contributed by atoms with Gasteiger partial charge in [0, 0.05) is 31.2 Å². The van der Waals surface area contributed by atoms with Crippen molar-refractivity contribution in [2.75, 3.05) is 30.0 Å². The first-order chi connectivity index (χ1) is 13.1. The molecule has 0 saturated carbocycles. The highest BCUT2D eigenvalue weighted by Crippen LogP contribution is 2.26. The molecule has 0 unspecified atom stereocenters. The highest BCUT2D eigenvalue weighted by Gasteiger charge is 2.09. The number of aromatic amines is 1. The van der Waals surface area contributed by atoms with Gasteiger partial charge in [-0.1, -0.05) is 6.07 Å². The lowest BCUT2D eigenvalue weighted by Crippen LogP contribution is -2.12. The standard InChI is InChI=1S/C18H19N9/c1-27(2)16-6-4-12(24-26-16)10-20-17-13-5-3-11(14-7-8-21-25-14)9-15(13)22-18(19)23-17/h3-9H,10H2,1-2H3,(H,21,25)(H3,19,20,22,23). The van der Waals surface area contributed by atoms with Crippen molar-refractivity contribution in [3.8, 4) is 11.3 Å². The summed E-state index contributed by atoms with van der Waals surface area (Å²) in [4.78, 5) is 10.6. The molecule has 3 aromatic heterocycles. The first-order valence-corrected chi connectivity index (χ1v) is 8.41. The number of nitrogen functional groups attached to an aromatic ring is 1. The van der Waals surface area contributed by atoms with E-state index < -0.39 is 0 Å². The van der Waals surface area contributed by atoms with Crippen LogP contribution in [0.5, 0.6) is 0 Å². The van der Waals surface area contributed by atoms with Crippen molar-refractivity contribution in [3.63, 3.8) is 0 Å². The number of nitrogens with two attached hydrogens (primary N) is 1. The van der Waals surface area contributed by atoms with E-state index in [1.54, 1.807) is 6.20 Å². The van der Waals surface area contributed by atoms with E-state index in [1.165, 1.54) is 0 Å². The van der Waals surface area contributed by atoms with E-state index >= 15 is 0 Å². The van der Waals surface area contributed by atoms with Crippen LogP contribution >= 0.6 is 0 Å². The summed E-state index contributed by atoms with van der Waals surface area (Å²) in [7, 11) is 3.85. The second-order valence-corrected chi connectivity index (χ2v) is 6.26. The molecular formula is C18H19N9. The molecule has 27 heavy (non-hydrogen) atoms. The van der Waals surface area contributed by atoms with Crippen LogP contribution in [0.15, 0.2) is 42.6 Å².